The van der Waals surface area contributed by atoms with Gasteiger partial charge in [-0.05, 0) is 68.9 Å². The molecule has 3 rings (SSSR count). The van der Waals surface area contributed by atoms with Gasteiger partial charge >= 0.3 is 0 Å². The molecule has 8 heteroatoms. The van der Waals surface area contributed by atoms with E-state index in [-0.39, 0.29) is 12.5 Å². The molecule has 1 aliphatic rings. The van der Waals surface area contributed by atoms with Crippen molar-refractivity contribution >= 4 is 34.9 Å². The molecule has 0 spiro atoms. The van der Waals surface area contributed by atoms with Crippen LogP contribution in [-0.2, 0) is 14.3 Å². The summed E-state index contributed by atoms with van der Waals surface area (Å²) in [5.74, 6) is 0.361. The Bertz CT molecular complexity index is 1110. The number of anilines is 2. The van der Waals surface area contributed by atoms with E-state index in [4.69, 9.17) is 14.2 Å². The van der Waals surface area contributed by atoms with Gasteiger partial charge in [0.15, 0.2) is 0 Å². The fraction of sp³-hybridized carbons (Fsp3) is 0.467. The fourth-order valence-electron chi connectivity index (χ4n) is 4.42. The van der Waals surface area contributed by atoms with E-state index in [1.54, 1.807) is 26.3 Å². The van der Waals surface area contributed by atoms with Gasteiger partial charge in [0.2, 0.25) is 5.91 Å². The summed E-state index contributed by atoms with van der Waals surface area (Å²) in [5, 5.41) is 6.24. The van der Waals surface area contributed by atoms with Crippen LogP contribution in [-0.4, -0.2) is 45.7 Å². The maximum Gasteiger partial charge on any atom is 0.250 e. The van der Waals surface area contributed by atoms with E-state index in [1.165, 1.54) is 31.7 Å². The molecule has 0 atom stereocenters. The van der Waals surface area contributed by atoms with Crippen molar-refractivity contribution < 1.29 is 23.4 Å². The molecule has 0 radical (unpaired) electrons. The molecule has 0 bridgehead atoms. The van der Waals surface area contributed by atoms with Gasteiger partial charge in [-0.2, -0.15) is 0 Å². The Balaban J connectivity index is 1.72. The minimum atomic E-state index is -0.433. The molecule has 2 aromatic rings. The highest BCUT2D eigenvalue weighted by molar-refractivity contribution is 5.92. The van der Waals surface area contributed by atoms with Gasteiger partial charge in [-0.25, -0.2) is 4.39 Å². The number of methoxy groups -OCH3 is 1. The molecule has 0 heterocycles. The van der Waals surface area contributed by atoms with E-state index in [0.29, 0.717) is 54.1 Å². The Labute approximate surface area is 225 Å². The highest BCUT2D eigenvalue weighted by Gasteiger charge is 2.19. The molecule has 1 aliphatic carbocycles. The van der Waals surface area contributed by atoms with Gasteiger partial charge in [-0.3, -0.25) is 9.79 Å². The minimum absolute atomic E-state index is 0.0459. The lowest BCUT2D eigenvalue weighted by Gasteiger charge is -2.19. The first kappa shape index (κ1) is 29.3. The summed E-state index contributed by atoms with van der Waals surface area (Å²) in [7, 11) is 1.59. The van der Waals surface area contributed by atoms with Crippen LogP contribution >= 0.6 is 0 Å². The number of benzene rings is 2. The van der Waals surface area contributed by atoms with Crippen LogP contribution in [0.15, 0.2) is 47.0 Å². The average Bonchev–Trinajstić information content (AvgIpc) is 3.42. The van der Waals surface area contributed by atoms with Crippen molar-refractivity contribution in [1.29, 1.82) is 0 Å². The van der Waals surface area contributed by atoms with E-state index in [9.17, 15) is 4.79 Å². The van der Waals surface area contributed by atoms with Crippen molar-refractivity contribution in [3.05, 3.63) is 53.4 Å². The summed E-state index contributed by atoms with van der Waals surface area (Å²) in [6.07, 6.45) is 7.23. The Kier molecular flexibility index (Phi) is 11.8. The number of allylic oxidation sites excluding steroid dienone is 1. The third-order valence-electron chi connectivity index (χ3n) is 6.57. The second-order valence-electron chi connectivity index (χ2n) is 9.45. The van der Waals surface area contributed by atoms with Gasteiger partial charge < -0.3 is 24.8 Å². The predicted octanol–water partition coefficient (Wildman–Crippen LogP) is 6.97. The second kappa shape index (κ2) is 15.2. The summed E-state index contributed by atoms with van der Waals surface area (Å²) in [6, 6.07) is 10.4. The Morgan fingerprint density at radius 3 is 2.42 bits per heavy atom. The molecular formula is C30H40FN3O4. The molecule has 7 nitrogen and oxygen atoms in total. The van der Waals surface area contributed by atoms with Crippen LogP contribution < -0.4 is 15.4 Å². The summed E-state index contributed by atoms with van der Waals surface area (Å²) >= 11 is 0. The van der Waals surface area contributed by atoms with E-state index in [1.807, 2.05) is 38.1 Å². The molecule has 1 saturated carbocycles. The van der Waals surface area contributed by atoms with Gasteiger partial charge in [-0.1, -0.05) is 19.8 Å². The Morgan fingerprint density at radius 2 is 1.79 bits per heavy atom. The van der Waals surface area contributed by atoms with Crippen LogP contribution in [0.3, 0.4) is 0 Å². The van der Waals surface area contributed by atoms with Crippen molar-refractivity contribution in [2.24, 2.45) is 10.9 Å². The second-order valence-corrected chi connectivity index (χ2v) is 9.45. The molecule has 1 fully saturated rings. The predicted molar refractivity (Wildman–Crippen MR) is 152 cm³/mol. The molecule has 0 aromatic heterocycles. The average molecular weight is 526 g/mol. The number of nitrogens with one attached hydrogen (secondary N) is 2. The van der Waals surface area contributed by atoms with Crippen molar-refractivity contribution in [2.75, 3.05) is 44.2 Å². The number of ether oxygens (including phenoxy) is 3. The molecule has 0 unspecified atom stereocenters. The third-order valence-corrected chi connectivity index (χ3v) is 6.57. The topological polar surface area (TPSA) is 81.2 Å². The zero-order chi connectivity index (χ0) is 27.3. The molecule has 206 valence electrons. The zero-order valence-electron chi connectivity index (χ0n) is 22.9. The molecule has 0 aliphatic heterocycles. The Morgan fingerprint density at radius 1 is 1.11 bits per heavy atom. The molecule has 2 aromatic carbocycles. The summed E-state index contributed by atoms with van der Waals surface area (Å²) in [4.78, 5) is 16.7. The van der Waals surface area contributed by atoms with Crippen LogP contribution in [0.1, 0.15) is 58.4 Å². The SMILES string of the molecule is CC=Nc1cc(OCCOC)cc(F)c1C(Nc1ccc(NC(=O)COCC2CCCC2)cc1)=C(C)CC. The molecule has 38 heavy (non-hydrogen) atoms. The number of carbonyl (C=O) groups excluding carboxylic acids is 1. The van der Waals surface area contributed by atoms with E-state index in [2.05, 4.69) is 15.6 Å². The summed E-state index contributed by atoms with van der Waals surface area (Å²) in [6.45, 7) is 7.18. The Hall–Kier alpha value is -3.23. The maximum atomic E-state index is 15.5. The molecular weight excluding hydrogens is 485 g/mol. The normalized spacial score (nSPS) is 14.6. The lowest BCUT2D eigenvalue weighted by molar-refractivity contribution is -0.121. The van der Waals surface area contributed by atoms with Crippen molar-refractivity contribution in [3.8, 4) is 5.75 Å². The summed E-state index contributed by atoms with van der Waals surface area (Å²) < 4.78 is 31.7. The first-order chi connectivity index (χ1) is 18.4. The minimum Gasteiger partial charge on any atom is -0.491 e. The number of nitrogens with zero attached hydrogens (tertiary/aromatic N) is 1. The quantitative estimate of drug-likeness (QED) is 0.206. The zero-order valence-corrected chi connectivity index (χ0v) is 22.9. The highest BCUT2D eigenvalue weighted by Crippen LogP contribution is 2.36. The summed E-state index contributed by atoms with van der Waals surface area (Å²) in [5.41, 5.74) is 3.89. The number of amides is 1. The number of hydrogen-bond acceptors (Lipinski definition) is 6. The molecule has 0 saturated heterocycles. The molecule has 1 amide bonds. The number of rotatable bonds is 14. The third kappa shape index (κ3) is 8.67. The van der Waals surface area contributed by atoms with E-state index in [0.717, 1.165) is 17.7 Å². The van der Waals surface area contributed by atoms with Crippen LogP contribution in [0.25, 0.3) is 5.70 Å². The lowest BCUT2D eigenvalue weighted by atomic mass is 10.0. The van der Waals surface area contributed by atoms with Crippen LogP contribution in [0, 0.1) is 11.7 Å². The van der Waals surface area contributed by atoms with Crippen LogP contribution in [0.5, 0.6) is 5.75 Å². The van der Waals surface area contributed by atoms with E-state index >= 15 is 4.39 Å². The first-order valence-corrected chi connectivity index (χ1v) is 13.3. The van der Waals surface area contributed by atoms with Gasteiger partial charge in [0, 0.05) is 42.5 Å². The lowest BCUT2D eigenvalue weighted by Crippen LogP contribution is -2.20. The molecule has 2 N–H and O–H groups in total. The monoisotopic (exact) mass is 525 g/mol. The number of halogens is 1. The van der Waals surface area contributed by atoms with Crippen LogP contribution in [0.2, 0.25) is 0 Å². The maximum absolute atomic E-state index is 15.5. The smallest absolute Gasteiger partial charge is 0.250 e. The number of aliphatic imine (C=N–C) groups is 1. The van der Waals surface area contributed by atoms with Gasteiger partial charge in [0.05, 0.1) is 24.5 Å². The van der Waals surface area contributed by atoms with Crippen molar-refractivity contribution in [2.45, 2.75) is 52.9 Å². The number of hydrogen-bond donors (Lipinski definition) is 2. The highest BCUT2D eigenvalue weighted by atomic mass is 19.1. The van der Waals surface area contributed by atoms with E-state index < -0.39 is 5.82 Å². The van der Waals surface area contributed by atoms with Gasteiger partial charge in [0.1, 0.15) is 24.8 Å². The largest absolute Gasteiger partial charge is 0.491 e. The fourth-order valence-corrected chi connectivity index (χ4v) is 4.42. The van der Waals surface area contributed by atoms with Crippen LogP contribution in [0.4, 0.5) is 21.5 Å². The van der Waals surface area contributed by atoms with Gasteiger partial charge in [0.25, 0.3) is 0 Å². The standard InChI is InChI=1S/C30H40FN3O4/c1-5-21(3)30(29-26(31)17-25(38-16-15-36-4)18-27(29)32-6-2)34-24-13-11-23(12-14-24)33-28(35)20-37-19-22-9-7-8-10-22/h6,11-14,17-18,22,34H,5,7-10,15-16,19-20H2,1-4H3,(H,33,35). The van der Waals surface area contributed by atoms with Crippen molar-refractivity contribution in [3.63, 3.8) is 0 Å². The van der Waals surface area contributed by atoms with Crippen molar-refractivity contribution in [1.82, 2.24) is 0 Å². The number of carbonyl (C=O) groups is 1. The first-order valence-electron chi connectivity index (χ1n) is 13.3. The van der Waals surface area contributed by atoms with Gasteiger partial charge in [-0.15, -0.1) is 0 Å².